The Labute approximate surface area is 162 Å². The maximum Gasteiger partial charge on any atom is 0.291 e. The fourth-order valence-electron chi connectivity index (χ4n) is 3.25. The van der Waals surface area contributed by atoms with Crippen LogP contribution >= 0.6 is 45.9 Å². The third-order valence-corrected chi connectivity index (χ3v) is 7.03. The van der Waals surface area contributed by atoms with E-state index in [2.05, 4.69) is 23.9 Å². The van der Waals surface area contributed by atoms with Crippen molar-refractivity contribution in [3.8, 4) is 0 Å². The summed E-state index contributed by atoms with van der Waals surface area (Å²) in [5.41, 5.74) is 1.03. The molecule has 0 N–H and O–H groups in total. The highest BCUT2D eigenvalue weighted by molar-refractivity contribution is 7.15. The van der Waals surface area contributed by atoms with E-state index in [4.69, 9.17) is 23.2 Å². The molecule has 0 aliphatic heterocycles. The second-order valence-electron chi connectivity index (χ2n) is 6.83. The van der Waals surface area contributed by atoms with Crippen LogP contribution in [0.4, 0.5) is 0 Å². The number of thiazole rings is 1. The van der Waals surface area contributed by atoms with Crippen molar-refractivity contribution in [2.45, 2.75) is 26.7 Å². The molecular weight excluding hydrogens is 397 g/mol. The Morgan fingerprint density at radius 1 is 1.40 bits per heavy atom. The van der Waals surface area contributed by atoms with Gasteiger partial charge in [0.2, 0.25) is 4.96 Å². The number of aromatic nitrogens is 3. The Morgan fingerprint density at radius 3 is 2.76 bits per heavy atom. The molecule has 3 aromatic heterocycles. The molecule has 130 valence electrons. The Balaban J connectivity index is 1.75. The van der Waals surface area contributed by atoms with Crippen LogP contribution in [-0.2, 0) is 0 Å². The molecule has 0 aromatic carbocycles. The maximum absolute atomic E-state index is 12.6. The van der Waals surface area contributed by atoms with Crippen molar-refractivity contribution in [3.63, 3.8) is 0 Å². The Kier molecular flexibility index (Phi) is 4.07. The van der Waals surface area contributed by atoms with Gasteiger partial charge in [0.25, 0.3) is 5.56 Å². The lowest BCUT2D eigenvalue weighted by Gasteiger charge is -1.97. The molecule has 25 heavy (non-hydrogen) atoms. The van der Waals surface area contributed by atoms with E-state index in [1.807, 2.05) is 30.5 Å². The van der Waals surface area contributed by atoms with E-state index in [-0.39, 0.29) is 27.3 Å². The molecule has 0 spiro atoms. The zero-order chi connectivity index (χ0) is 17.9. The standard InChI is InChI=1S/C17H15Cl2N3OS2/c1-8-4-5-24-10(8)7-11-15(23)22-16(25-11)20-14(21-22)13-9(6-12(18)19)17(13,2)3/h4-7,9,13H,1-3H3. The second-order valence-corrected chi connectivity index (χ2v) is 9.79. The van der Waals surface area contributed by atoms with Gasteiger partial charge in [0.1, 0.15) is 4.49 Å². The fraction of sp³-hybridized carbons (Fsp3) is 0.353. The second kappa shape index (κ2) is 5.91. The molecule has 0 bridgehead atoms. The van der Waals surface area contributed by atoms with Gasteiger partial charge in [-0.3, -0.25) is 4.79 Å². The first-order chi connectivity index (χ1) is 11.8. The molecule has 1 aliphatic rings. The summed E-state index contributed by atoms with van der Waals surface area (Å²) < 4.78 is 2.32. The van der Waals surface area contributed by atoms with Gasteiger partial charge in [-0.1, -0.05) is 48.4 Å². The van der Waals surface area contributed by atoms with Gasteiger partial charge < -0.3 is 0 Å². The Hall–Kier alpha value is -1.21. The van der Waals surface area contributed by atoms with Crippen LogP contribution in [-0.4, -0.2) is 14.6 Å². The number of thiophene rings is 1. The smallest absolute Gasteiger partial charge is 0.266 e. The van der Waals surface area contributed by atoms with Crippen molar-refractivity contribution in [2.75, 3.05) is 0 Å². The number of hydrogen-bond donors (Lipinski definition) is 0. The van der Waals surface area contributed by atoms with Gasteiger partial charge in [0.15, 0.2) is 5.82 Å². The van der Waals surface area contributed by atoms with Crippen molar-refractivity contribution < 1.29 is 0 Å². The largest absolute Gasteiger partial charge is 0.291 e. The molecule has 3 aromatic rings. The van der Waals surface area contributed by atoms with Gasteiger partial charge in [-0.05, 0) is 47.4 Å². The van der Waals surface area contributed by atoms with E-state index < -0.39 is 0 Å². The van der Waals surface area contributed by atoms with Crippen LogP contribution in [0.25, 0.3) is 11.0 Å². The summed E-state index contributed by atoms with van der Waals surface area (Å²) in [6.45, 7) is 6.29. The van der Waals surface area contributed by atoms with Crippen LogP contribution in [0.1, 0.15) is 36.0 Å². The summed E-state index contributed by atoms with van der Waals surface area (Å²) in [6.07, 6.45) is 3.75. The summed E-state index contributed by atoms with van der Waals surface area (Å²) in [6, 6.07) is 2.04. The molecule has 1 fully saturated rings. The van der Waals surface area contributed by atoms with Gasteiger partial charge in [-0.25, -0.2) is 4.98 Å². The van der Waals surface area contributed by atoms with Gasteiger partial charge in [-0.15, -0.1) is 16.4 Å². The van der Waals surface area contributed by atoms with Gasteiger partial charge in [-0.2, -0.15) is 4.52 Å². The van der Waals surface area contributed by atoms with Gasteiger partial charge in [0, 0.05) is 10.8 Å². The summed E-state index contributed by atoms with van der Waals surface area (Å²) in [7, 11) is 0. The SMILES string of the molecule is Cc1ccsc1C=c1sc2nc(C3C(C=C(Cl)Cl)C3(C)C)nn2c1=O. The van der Waals surface area contributed by atoms with E-state index in [1.165, 1.54) is 15.9 Å². The molecule has 0 saturated heterocycles. The van der Waals surface area contributed by atoms with Crippen LogP contribution in [0, 0.1) is 18.3 Å². The van der Waals surface area contributed by atoms with Crippen molar-refractivity contribution in [1.29, 1.82) is 0 Å². The summed E-state index contributed by atoms with van der Waals surface area (Å²) >= 11 is 14.6. The first-order valence-corrected chi connectivity index (χ1v) is 10.2. The van der Waals surface area contributed by atoms with Crippen molar-refractivity contribution >= 4 is 56.9 Å². The Bertz CT molecular complexity index is 1110. The third kappa shape index (κ3) is 2.85. The highest BCUT2D eigenvalue weighted by Crippen LogP contribution is 2.64. The summed E-state index contributed by atoms with van der Waals surface area (Å²) in [4.78, 5) is 19.0. The molecule has 0 amide bonds. The molecule has 4 nitrogen and oxygen atoms in total. The summed E-state index contributed by atoms with van der Waals surface area (Å²) in [5, 5.41) is 6.49. The number of fused-ring (bicyclic) bond motifs is 1. The predicted octanol–water partition coefficient (Wildman–Crippen LogP) is 4.13. The van der Waals surface area contributed by atoms with E-state index >= 15 is 0 Å². The highest BCUT2D eigenvalue weighted by atomic mass is 35.5. The lowest BCUT2D eigenvalue weighted by molar-refractivity contribution is 0.585. The minimum absolute atomic E-state index is 0.0157. The average molecular weight is 412 g/mol. The molecule has 0 radical (unpaired) electrons. The molecule has 3 heterocycles. The highest BCUT2D eigenvalue weighted by Gasteiger charge is 2.59. The number of aryl methyl sites for hydroxylation is 1. The molecule has 1 saturated carbocycles. The maximum atomic E-state index is 12.6. The van der Waals surface area contributed by atoms with Crippen molar-refractivity contribution in [1.82, 2.24) is 14.6 Å². The molecule has 2 atom stereocenters. The number of hydrogen-bond acceptors (Lipinski definition) is 5. The minimum Gasteiger partial charge on any atom is -0.266 e. The molecule has 1 aliphatic carbocycles. The zero-order valence-corrected chi connectivity index (χ0v) is 16.9. The van der Waals surface area contributed by atoms with E-state index in [0.29, 0.717) is 15.3 Å². The van der Waals surface area contributed by atoms with Gasteiger partial charge >= 0.3 is 0 Å². The number of rotatable bonds is 3. The lowest BCUT2D eigenvalue weighted by Crippen LogP contribution is -2.23. The quantitative estimate of drug-likeness (QED) is 0.650. The average Bonchev–Trinajstić information content (AvgIpc) is 2.95. The van der Waals surface area contributed by atoms with Crippen molar-refractivity contribution in [2.24, 2.45) is 11.3 Å². The van der Waals surface area contributed by atoms with Crippen LogP contribution in [0.5, 0.6) is 0 Å². The normalized spacial score (nSPS) is 22.5. The predicted molar refractivity (Wildman–Crippen MR) is 105 cm³/mol. The van der Waals surface area contributed by atoms with Gasteiger partial charge in [0.05, 0.1) is 4.53 Å². The number of nitrogens with zero attached hydrogens (tertiary/aromatic N) is 3. The molecular formula is C17H15Cl2N3OS2. The lowest BCUT2D eigenvalue weighted by atomic mass is 10.1. The monoisotopic (exact) mass is 411 g/mol. The third-order valence-electron chi connectivity index (χ3n) is 4.86. The van der Waals surface area contributed by atoms with Crippen LogP contribution in [0.15, 0.2) is 26.8 Å². The molecule has 4 rings (SSSR count). The van der Waals surface area contributed by atoms with Crippen LogP contribution in [0.2, 0.25) is 0 Å². The topological polar surface area (TPSA) is 47.3 Å². The van der Waals surface area contributed by atoms with Crippen molar-refractivity contribution in [3.05, 3.63) is 53.2 Å². The van der Waals surface area contributed by atoms with E-state index in [1.54, 1.807) is 11.3 Å². The first-order valence-electron chi connectivity index (χ1n) is 7.77. The first kappa shape index (κ1) is 17.2. The zero-order valence-electron chi connectivity index (χ0n) is 13.8. The van der Waals surface area contributed by atoms with E-state index in [0.717, 1.165) is 10.4 Å². The molecule has 8 heteroatoms. The van der Waals surface area contributed by atoms with Crippen LogP contribution < -0.4 is 10.1 Å². The number of halogens is 2. The fourth-order valence-corrected chi connectivity index (χ4v) is 5.35. The summed E-state index contributed by atoms with van der Waals surface area (Å²) in [5.74, 6) is 0.992. The number of allylic oxidation sites excluding steroid dienone is 1. The molecule has 2 unspecified atom stereocenters. The minimum atomic E-state index is -0.118. The van der Waals surface area contributed by atoms with Crippen LogP contribution in [0.3, 0.4) is 0 Å². The van der Waals surface area contributed by atoms with E-state index in [9.17, 15) is 4.79 Å². The Morgan fingerprint density at radius 2 is 2.16 bits per heavy atom.